The second-order valence-electron chi connectivity index (χ2n) is 8.02. The zero-order valence-corrected chi connectivity index (χ0v) is 25.7. The van der Waals surface area contributed by atoms with Crippen molar-refractivity contribution in [2.45, 2.75) is 0 Å². The summed E-state index contributed by atoms with van der Waals surface area (Å²) in [7, 11) is -23.7. The quantitative estimate of drug-likeness (QED) is 0.433. The van der Waals surface area contributed by atoms with Gasteiger partial charge in [-0.25, -0.2) is 33.7 Å². The highest BCUT2D eigenvalue weighted by molar-refractivity contribution is 8.01. The van der Waals surface area contributed by atoms with Crippen molar-refractivity contribution in [3.63, 3.8) is 0 Å². The summed E-state index contributed by atoms with van der Waals surface area (Å²) >= 11 is 12.2. The first kappa shape index (κ1) is 27.5. The van der Waals surface area contributed by atoms with Crippen LogP contribution in [0.25, 0.3) is 0 Å². The average Bonchev–Trinajstić information content (AvgIpc) is 3.18. The third-order valence-electron chi connectivity index (χ3n) is 5.05. The molecule has 36 heavy (non-hydrogen) atoms. The lowest BCUT2D eigenvalue weighted by Gasteiger charge is -2.36. The Bertz CT molecular complexity index is 1590. The van der Waals surface area contributed by atoms with Crippen LogP contribution in [0, 0.1) is 0 Å². The fraction of sp³-hybridized carbons (Fsp3) is 0.250. The Morgan fingerprint density at radius 2 is 0.750 bits per heavy atom. The van der Waals surface area contributed by atoms with Crippen molar-refractivity contribution in [1.82, 2.24) is 0 Å². The third kappa shape index (κ3) is 4.50. The molecule has 0 saturated carbocycles. The van der Waals surface area contributed by atoms with Gasteiger partial charge in [-0.15, -0.1) is 0 Å². The standard InChI is InChI=1S/C16H18Cl2N4O8S4Si2/c1-31(23,24)19-13-7-5-11(17)9-15(13)21(33(3,27)28)35(19)36-20(32(2,25)26)14-8-6-12(18)10-16(14)22(36)34(4,29)30/h5-10H,1-4H3. The maximum absolute atomic E-state index is 13.1. The molecular weight excluding hydrogens is 632 g/mol. The molecule has 2 aromatic carbocycles. The second-order valence-corrected chi connectivity index (χ2v) is 23.3. The van der Waals surface area contributed by atoms with E-state index in [4.69, 9.17) is 23.2 Å². The molecule has 0 amide bonds. The van der Waals surface area contributed by atoms with E-state index >= 15 is 0 Å². The molecule has 2 aromatic rings. The smallest absolute Gasteiger partial charge is 0.273 e. The fourth-order valence-corrected chi connectivity index (χ4v) is 27.9. The lowest BCUT2D eigenvalue weighted by atomic mass is 10.3. The number of hydrogen-bond acceptors (Lipinski definition) is 8. The molecule has 2 aliphatic rings. The molecule has 2 aliphatic heterocycles. The molecule has 0 unspecified atom stereocenters. The Kier molecular flexibility index (Phi) is 6.48. The van der Waals surface area contributed by atoms with Crippen molar-refractivity contribution >= 4 is 103 Å². The van der Waals surface area contributed by atoms with Crippen LogP contribution in [0.4, 0.5) is 22.7 Å². The van der Waals surface area contributed by atoms with Crippen molar-refractivity contribution < 1.29 is 33.7 Å². The SMILES string of the molecule is CS(=O)(=O)N1c2ccc(Cl)cc2N(S(C)(=O)=O)[Si]1[Si]1N(S(C)(=O)=O)c2ccc(Cl)cc2N1S(C)(=O)=O. The first-order chi connectivity index (χ1) is 16.2. The summed E-state index contributed by atoms with van der Waals surface area (Å²) in [6, 6.07) is 7.78. The third-order valence-corrected chi connectivity index (χ3v) is 23.7. The van der Waals surface area contributed by atoms with Gasteiger partial charge in [0.2, 0.25) is 40.1 Å². The number of hydrogen-bond donors (Lipinski definition) is 0. The van der Waals surface area contributed by atoms with Crippen LogP contribution in [0.1, 0.15) is 0 Å². The molecule has 2 heterocycles. The lowest BCUT2D eigenvalue weighted by molar-refractivity contribution is 0.599. The lowest BCUT2D eigenvalue weighted by Crippen LogP contribution is -2.72. The van der Waals surface area contributed by atoms with Gasteiger partial charge in [0.05, 0.1) is 47.8 Å². The van der Waals surface area contributed by atoms with E-state index in [1.54, 1.807) is 0 Å². The Hall–Kier alpha value is -1.55. The Balaban J connectivity index is 2.16. The molecule has 0 N–H and O–H groups in total. The maximum atomic E-state index is 13.1. The highest BCUT2D eigenvalue weighted by Gasteiger charge is 2.64. The van der Waals surface area contributed by atoms with Crippen LogP contribution >= 0.6 is 23.2 Å². The van der Waals surface area contributed by atoms with E-state index in [2.05, 4.69) is 0 Å². The minimum atomic E-state index is -4.28. The summed E-state index contributed by atoms with van der Waals surface area (Å²) in [6.45, 7) is 0. The van der Waals surface area contributed by atoms with Gasteiger partial charge in [-0.2, -0.15) is 0 Å². The minimum Gasteiger partial charge on any atom is -0.273 e. The number of fused-ring (bicyclic) bond motifs is 2. The minimum absolute atomic E-state index is 0.0606. The van der Waals surface area contributed by atoms with E-state index in [-0.39, 0.29) is 32.8 Å². The van der Waals surface area contributed by atoms with E-state index in [1.807, 2.05) is 0 Å². The predicted molar refractivity (Wildman–Crippen MR) is 144 cm³/mol. The second kappa shape index (κ2) is 8.48. The maximum Gasteiger partial charge on any atom is 0.363 e. The predicted octanol–water partition coefficient (Wildman–Crippen LogP) is 0.840. The number of sulfonamides is 4. The molecule has 0 atom stereocenters. The van der Waals surface area contributed by atoms with E-state index in [9.17, 15) is 33.7 Å². The van der Waals surface area contributed by atoms with Gasteiger partial charge in [-0.05, 0) is 36.4 Å². The van der Waals surface area contributed by atoms with Crippen LogP contribution < -0.4 is 15.9 Å². The van der Waals surface area contributed by atoms with Gasteiger partial charge >= 0.3 is 17.3 Å². The summed E-state index contributed by atoms with van der Waals surface area (Å²) in [5.41, 5.74) is -0.320. The monoisotopic (exact) mass is 648 g/mol. The Morgan fingerprint density at radius 1 is 0.500 bits per heavy atom. The molecule has 0 aromatic heterocycles. The number of anilines is 4. The molecule has 2 radical (unpaired) electrons. The molecule has 0 saturated heterocycles. The summed E-state index contributed by atoms with van der Waals surface area (Å²) in [4.78, 5) is 0. The molecule has 4 rings (SSSR count). The summed E-state index contributed by atoms with van der Waals surface area (Å²) < 4.78 is 108. The zero-order valence-electron chi connectivity index (χ0n) is 18.9. The molecule has 20 heteroatoms. The first-order valence-electron chi connectivity index (χ1n) is 9.59. The van der Waals surface area contributed by atoms with Gasteiger partial charge < -0.3 is 0 Å². The van der Waals surface area contributed by atoms with Gasteiger partial charge in [0.1, 0.15) is 0 Å². The van der Waals surface area contributed by atoms with Crippen LogP contribution in [0.3, 0.4) is 0 Å². The molecular formula is C16H18Cl2N4O8S4Si2. The topological polar surface area (TPSA) is 150 Å². The van der Waals surface area contributed by atoms with Crippen molar-refractivity contribution in [2.75, 3.05) is 40.9 Å². The van der Waals surface area contributed by atoms with Crippen molar-refractivity contribution in [3.05, 3.63) is 46.4 Å². The molecule has 12 nitrogen and oxygen atoms in total. The Labute approximate surface area is 223 Å². The van der Waals surface area contributed by atoms with Gasteiger partial charge in [-0.1, -0.05) is 23.2 Å². The zero-order chi connectivity index (χ0) is 27.2. The normalized spacial score (nSPS) is 17.6. The van der Waals surface area contributed by atoms with Crippen LogP contribution in [-0.4, -0.2) is 76.0 Å². The molecule has 0 spiro atoms. The van der Waals surface area contributed by atoms with E-state index in [0.717, 1.165) is 40.9 Å². The van der Waals surface area contributed by atoms with Gasteiger partial charge in [0, 0.05) is 10.0 Å². The average molecular weight is 650 g/mol. The highest BCUT2D eigenvalue weighted by Crippen LogP contribution is 2.49. The molecule has 196 valence electrons. The van der Waals surface area contributed by atoms with Crippen LogP contribution in [-0.2, 0) is 40.1 Å². The van der Waals surface area contributed by atoms with E-state index in [0.29, 0.717) is 0 Å². The Morgan fingerprint density at radius 3 is 1.00 bits per heavy atom. The van der Waals surface area contributed by atoms with Crippen molar-refractivity contribution in [1.29, 1.82) is 0 Å². The number of rotatable bonds is 5. The number of halogens is 2. The van der Waals surface area contributed by atoms with Gasteiger partial charge in [0.25, 0.3) is 0 Å². The van der Waals surface area contributed by atoms with Gasteiger partial charge in [0.15, 0.2) is 0 Å². The highest BCUT2D eigenvalue weighted by atomic mass is 35.5. The summed E-state index contributed by atoms with van der Waals surface area (Å²) in [6.07, 6.45) is 3.31. The van der Waals surface area contributed by atoms with E-state index < -0.39 is 57.4 Å². The fourth-order valence-electron chi connectivity index (χ4n) is 3.99. The van der Waals surface area contributed by atoms with E-state index in [1.165, 1.54) is 36.4 Å². The van der Waals surface area contributed by atoms with Crippen molar-refractivity contribution in [3.8, 4) is 0 Å². The van der Waals surface area contributed by atoms with Crippen LogP contribution in [0.2, 0.25) is 10.0 Å². The molecule has 0 bridgehead atoms. The van der Waals surface area contributed by atoms with Crippen LogP contribution in [0.5, 0.6) is 0 Å². The largest absolute Gasteiger partial charge is 0.363 e. The first-order valence-corrected chi connectivity index (χ1v) is 21.5. The molecule has 0 aliphatic carbocycles. The van der Waals surface area contributed by atoms with Gasteiger partial charge in [-0.3, -0.25) is 15.9 Å². The number of benzene rings is 2. The van der Waals surface area contributed by atoms with Crippen molar-refractivity contribution in [2.24, 2.45) is 0 Å². The number of nitrogens with zero attached hydrogens (tertiary/aromatic N) is 4. The summed E-state index contributed by atoms with van der Waals surface area (Å²) in [5, 5.41) is 0.190. The summed E-state index contributed by atoms with van der Waals surface area (Å²) in [5.74, 6) is 0. The molecule has 0 fully saturated rings. The van der Waals surface area contributed by atoms with Crippen LogP contribution in [0.15, 0.2) is 36.4 Å².